The van der Waals surface area contributed by atoms with E-state index in [-0.39, 0.29) is 17.2 Å². The average Bonchev–Trinajstić information content (AvgIpc) is 2.43. The highest BCUT2D eigenvalue weighted by molar-refractivity contribution is 6.00. The van der Waals surface area contributed by atoms with Gasteiger partial charge in [-0.05, 0) is 12.5 Å². The number of amides is 1. The molecule has 0 unspecified atom stereocenters. The summed E-state index contributed by atoms with van der Waals surface area (Å²) in [4.78, 5) is 26.6. The third-order valence-electron chi connectivity index (χ3n) is 3.08. The molecule has 0 radical (unpaired) electrons. The van der Waals surface area contributed by atoms with E-state index in [1.165, 1.54) is 37.7 Å². The SMILES string of the molecule is CCCCCCCCC(=O)Nc1cnccc1C(=O)O. The van der Waals surface area contributed by atoms with Crippen LogP contribution in [0.2, 0.25) is 0 Å². The van der Waals surface area contributed by atoms with Crippen LogP contribution in [0.3, 0.4) is 0 Å². The van der Waals surface area contributed by atoms with E-state index in [4.69, 9.17) is 5.11 Å². The lowest BCUT2D eigenvalue weighted by Crippen LogP contribution is -2.14. The second kappa shape index (κ2) is 9.07. The Hall–Kier alpha value is -1.91. The molecule has 1 heterocycles. The first kappa shape index (κ1) is 16.1. The van der Waals surface area contributed by atoms with Crippen molar-refractivity contribution in [1.82, 2.24) is 4.98 Å². The second-order valence-electron chi connectivity index (χ2n) is 4.79. The Balaban J connectivity index is 2.34. The summed E-state index contributed by atoms with van der Waals surface area (Å²) >= 11 is 0. The van der Waals surface area contributed by atoms with Crippen molar-refractivity contribution in [3.63, 3.8) is 0 Å². The maximum Gasteiger partial charge on any atom is 0.337 e. The molecule has 0 aliphatic rings. The average molecular weight is 278 g/mol. The predicted molar refractivity (Wildman–Crippen MR) is 77.8 cm³/mol. The van der Waals surface area contributed by atoms with Crippen molar-refractivity contribution < 1.29 is 14.7 Å². The van der Waals surface area contributed by atoms with E-state index >= 15 is 0 Å². The Morgan fingerprint density at radius 2 is 1.90 bits per heavy atom. The molecule has 0 spiro atoms. The van der Waals surface area contributed by atoms with Crippen LogP contribution >= 0.6 is 0 Å². The fraction of sp³-hybridized carbons (Fsp3) is 0.533. The van der Waals surface area contributed by atoms with Gasteiger partial charge >= 0.3 is 5.97 Å². The molecule has 0 saturated carbocycles. The molecule has 0 aliphatic heterocycles. The summed E-state index contributed by atoms with van der Waals surface area (Å²) in [5.41, 5.74) is 0.326. The van der Waals surface area contributed by atoms with Crippen molar-refractivity contribution in [2.24, 2.45) is 0 Å². The minimum absolute atomic E-state index is 0.0660. The number of aromatic carboxylic acids is 1. The number of carbonyl (C=O) groups excluding carboxylic acids is 1. The molecule has 0 saturated heterocycles. The van der Waals surface area contributed by atoms with Crippen LogP contribution in [0, 0.1) is 0 Å². The largest absolute Gasteiger partial charge is 0.478 e. The first-order valence-corrected chi connectivity index (χ1v) is 7.12. The van der Waals surface area contributed by atoms with Crippen LogP contribution in [0.15, 0.2) is 18.5 Å². The van der Waals surface area contributed by atoms with Crippen molar-refractivity contribution in [2.45, 2.75) is 51.9 Å². The summed E-state index contributed by atoms with van der Waals surface area (Å²) in [5.74, 6) is -1.22. The molecule has 0 bridgehead atoms. The molecule has 1 aromatic heterocycles. The molecule has 20 heavy (non-hydrogen) atoms. The fourth-order valence-corrected chi connectivity index (χ4v) is 1.96. The molecular formula is C15H22N2O3. The molecule has 5 heteroatoms. The number of carboxylic acids is 1. The lowest BCUT2D eigenvalue weighted by molar-refractivity contribution is -0.116. The molecule has 110 valence electrons. The Bertz CT molecular complexity index is 446. The van der Waals surface area contributed by atoms with Gasteiger partial charge in [0.2, 0.25) is 5.91 Å². The van der Waals surface area contributed by atoms with Gasteiger partial charge in [-0.25, -0.2) is 4.79 Å². The summed E-state index contributed by atoms with van der Waals surface area (Å²) in [5, 5.41) is 11.6. The highest BCUT2D eigenvalue weighted by Crippen LogP contribution is 2.14. The summed E-state index contributed by atoms with van der Waals surface area (Å²) < 4.78 is 0. The number of nitrogens with zero attached hydrogens (tertiary/aromatic N) is 1. The third-order valence-corrected chi connectivity index (χ3v) is 3.08. The lowest BCUT2D eigenvalue weighted by Gasteiger charge is -2.07. The normalized spacial score (nSPS) is 10.2. The van der Waals surface area contributed by atoms with E-state index in [1.54, 1.807) is 0 Å². The van der Waals surface area contributed by atoms with E-state index in [2.05, 4.69) is 17.2 Å². The molecule has 0 atom stereocenters. The molecule has 1 aromatic rings. The smallest absolute Gasteiger partial charge is 0.337 e. The van der Waals surface area contributed by atoms with Gasteiger partial charge in [-0.3, -0.25) is 9.78 Å². The number of aromatic nitrogens is 1. The van der Waals surface area contributed by atoms with Crippen LogP contribution in [0.25, 0.3) is 0 Å². The monoisotopic (exact) mass is 278 g/mol. The number of nitrogens with one attached hydrogen (secondary N) is 1. The molecular weight excluding hydrogens is 256 g/mol. The molecule has 0 aromatic carbocycles. The van der Waals surface area contributed by atoms with Crippen molar-refractivity contribution in [1.29, 1.82) is 0 Å². The summed E-state index contributed by atoms with van der Waals surface area (Å²) in [6.45, 7) is 2.17. The Kier molecular flexibility index (Phi) is 7.32. The molecule has 5 nitrogen and oxygen atoms in total. The van der Waals surface area contributed by atoms with Gasteiger partial charge in [0.1, 0.15) is 0 Å². The molecule has 1 amide bonds. The fourth-order valence-electron chi connectivity index (χ4n) is 1.96. The zero-order valence-corrected chi connectivity index (χ0v) is 11.9. The zero-order valence-electron chi connectivity index (χ0n) is 11.9. The van der Waals surface area contributed by atoms with Crippen molar-refractivity contribution in [3.05, 3.63) is 24.0 Å². The van der Waals surface area contributed by atoms with E-state index in [0.717, 1.165) is 19.3 Å². The number of hydrogen-bond donors (Lipinski definition) is 2. The summed E-state index contributed by atoms with van der Waals surface area (Å²) in [6.07, 6.45) is 9.85. The predicted octanol–water partition coefficient (Wildman–Crippen LogP) is 3.47. The topological polar surface area (TPSA) is 79.3 Å². The van der Waals surface area contributed by atoms with Crippen LogP contribution in [0.5, 0.6) is 0 Å². The first-order valence-electron chi connectivity index (χ1n) is 7.12. The number of unbranched alkanes of at least 4 members (excludes halogenated alkanes) is 5. The Labute approximate surface area is 119 Å². The first-order chi connectivity index (χ1) is 9.65. The van der Waals surface area contributed by atoms with Gasteiger partial charge < -0.3 is 10.4 Å². The van der Waals surface area contributed by atoms with E-state index in [0.29, 0.717) is 6.42 Å². The minimum Gasteiger partial charge on any atom is -0.478 e. The highest BCUT2D eigenvalue weighted by Gasteiger charge is 2.11. The van der Waals surface area contributed by atoms with Crippen molar-refractivity contribution in [2.75, 3.05) is 5.32 Å². The number of pyridine rings is 1. The number of rotatable bonds is 9. The van der Waals surface area contributed by atoms with E-state index < -0.39 is 5.97 Å². The molecule has 0 aliphatic carbocycles. The molecule has 2 N–H and O–H groups in total. The molecule has 1 rings (SSSR count). The number of hydrogen-bond acceptors (Lipinski definition) is 3. The van der Waals surface area contributed by atoms with Crippen LogP contribution in [0.1, 0.15) is 62.2 Å². The van der Waals surface area contributed by atoms with Crippen LogP contribution in [0.4, 0.5) is 5.69 Å². The molecule has 0 fully saturated rings. The van der Waals surface area contributed by atoms with Gasteiger partial charge in [0.15, 0.2) is 0 Å². The standard InChI is InChI=1S/C15H22N2O3/c1-2-3-4-5-6-7-8-14(18)17-13-11-16-10-9-12(13)15(19)20/h9-11H,2-8H2,1H3,(H,17,18)(H,19,20). The quantitative estimate of drug-likeness (QED) is 0.678. The summed E-state index contributed by atoms with van der Waals surface area (Å²) in [7, 11) is 0. The maximum atomic E-state index is 11.7. The van der Waals surface area contributed by atoms with Gasteiger partial charge in [0, 0.05) is 12.6 Å². The minimum atomic E-state index is -1.07. The van der Waals surface area contributed by atoms with Gasteiger partial charge in [-0.2, -0.15) is 0 Å². The summed E-state index contributed by atoms with van der Waals surface area (Å²) in [6, 6.07) is 1.38. The lowest BCUT2D eigenvalue weighted by atomic mass is 10.1. The number of carboxylic acid groups (broad SMARTS) is 1. The van der Waals surface area contributed by atoms with Crippen LogP contribution in [-0.4, -0.2) is 22.0 Å². The van der Waals surface area contributed by atoms with Crippen LogP contribution < -0.4 is 5.32 Å². The van der Waals surface area contributed by atoms with Crippen molar-refractivity contribution >= 4 is 17.6 Å². The zero-order chi connectivity index (χ0) is 14.8. The highest BCUT2D eigenvalue weighted by atomic mass is 16.4. The maximum absolute atomic E-state index is 11.7. The Morgan fingerprint density at radius 3 is 2.60 bits per heavy atom. The van der Waals surface area contributed by atoms with Gasteiger partial charge in [0.05, 0.1) is 17.4 Å². The third kappa shape index (κ3) is 5.82. The second-order valence-corrected chi connectivity index (χ2v) is 4.79. The van der Waals surface area contributed by atoms with Gasteiger partial charge in [-0.15, -0.1) is 0 Å². The van der Waals surface area contributed by atoms with E-state index in [9.17, 15) is 9.59 Å². The Morgan fingerprint density at radius 1 is 1.20 bits per heavy atom. The van der Waals surface area contributed by atoms with Gasteiger partial charge in [-0.1, -0.05) is 39.0 Å². The number of anilines is 1. The van der Waals surface area contributed by atoms with E-state index in [1.807, 2.05) is 0 Å². The number of carbonyl (C=O) groups is 2. The van der Waals surface area contributed by atoms with Crippen molar-refractivity contribution in [3.8, 4) is 0 Å². The van der Waals surface area contributed by atoms with Gasteiger partial charge in [0.25, 0.3) is 0 Å². The van der Waals surface area contributed by atoms with Crippen LogP contribution in [-0.2, 0) is 4.79 Å².